The molecular weight excluding hydrogens is 658 g/mol. The second-order valence-electron chi connectivity index (χ2n) is 7.51. The largest absolute Gasteiger partial charge is 0.406 e. The standard InChI is InChI=1S/C12F22O4S/c13-1(14)3(17,18)7(25,26)11(33,8(27,28)4(1,19)20)37-39(35,36)38-12(34)9(29,30)5(21,22)2(15,16)6(23,24)10(12,31)32. The molecule has 0 spiro atoms. The minimum atomic E-state index is -8.95. The molecule has 2 aliphatic rings. The molecule has 2 fully saturated rings. The maximum Gasteiger partial charge on any atom is 0.406 e. The van der Waals surface area contributed by atoms with Gasteiger partial charge in [0.1, 0.15) is 0 Å². The first-order valence-electron chi connectivity index (χ1n) is 8.23. The van der Waals surface area contributed by atoms with Crippen LogP contribution in [0.4, 0.5) is 96.6 Å². The van der Waals surface area contributed by atoms with Crippen LogP contribution in [0, 0.1) is 0 Å². The van der Waals surface area contributed by atoms with Crippen molar-refractivity contribution in [2.45, 2.75) is 70.9 Å². The fourth-order valence-corrected chi connectivity index (χ4v) is 3.91. The van der Waals surface area contributed by atoms with Gasteiger partial charge in [0, 0.05) is 0 Å². The lowest BCUT2D eigenvalue weighted by Crippen LogP contribution is -2.85. The quantitative estimate of drug-likeness (QED) is 0.350. The lowest BCUT2D eigenvalue weighted by atomic mass is 9.79. The van der Waals surface area contributed by atoms with Crippen LogP contribution in [0.15, 0.2) is 0 Å². The Morgan fingerprint density at radius 1 is 0.282 bits per heavy atom. The number of hydrogen-bond donors (Lipinski definition) is 0. The van der Waals surface area contributed by atoms with Gasteiger partial charge in [-0.3, -0.25) is 0 Å². The Kier molecular flexibility index (Phi) is 6.36. The molecule has 2 rings (SSSR count). The SMILES string of the molecule is O=S(=O)(OC1(F)C(F)(F)C(F)(F)C(F)(F)C(F)(F)C1(F)F)OC1(F)C(F)(F)C(F)(F)C(F)(F)C(F)(F)C1(F)F. The summed E-state index contributed by atoms with van der Waals surface area (Å²) in [5.41, 5.74) is 0. The summed E-state index contributed by atoms with van der Waals surface area (Å²) in [5.74, 6) is -99.7. The molecule has 232 valence electrons. The molecule has 0 heterocycles. The van der Waals surface area contributed by atoms with Crippen LogP contribution in [-0.4, -0.2) is 79.4 Å². The van der Waals surface area contributed by atoms with Gasteiger partial charge in [0.15, 0.2) is 0 Å². The maximum atomic E-state index is 14.3. The first kappa shape index (κ1) is 33.5. The summed E-state index contributed by atoms with van der Waals surface area (Å²) in [5, 5.41) is 0. The molecule has 0 aromatic rings. The summed E-state index contributed by atoms with van der Waals surface area (Å²) in [6.07, 6.45) is 0. The Hall–Kier alpha value is -1.67. The van der Waals surface area contributed by atoms with Crippen molar-refractivity contribution in [1.82, 2.24) is 0 Å². The third-order valence-electron chi connectivity index (χ3n) is 5.20. The van der Waals surface area contributed by atoms with E-state index < -0.39 is 81.3 Å². The van der Waals surface area contributed by atoms with E-state index >= 15 is 0 Å². The molecular formula is C12F22O4S. The summed E-state index contributed by atoms with van der Waals surface area (Å²) < 4.78 is 322. The van der Waals surface area contributed by atoms with Gasteiger partial charge in [-0.25, -0.2) is 0 Å². The van der Waals surface area contributed by atoms with Gasteiger partial charge in [-0.05, 0) is 0 Å². The Labute approximate surface area is 196 Å². The fourth-order valence-electron chi connectivity index (χ4n) is 2.89. The van der Waals surface area contributed by atoms with E-state index in [9.17, 15) is 105 Å². The Morgan fingerprint density at radius 3 is 0.564 bits per heavy atom. The van der Waals surface area contributed by atoms with Crippen molar-refractivity contribution in [3.8, 4) is 0 Å². The molecule has 0 saturated heterocycles. The van der Waals surface area contributed by atoms with Crippen molar-refractivity contribution in [2.24, 2.45) is 0 Å². The summed E-state index contributed by atoms with van der Waals surface area (Å²) >= 11 is 0. The van der Waals surface area contributed by atoms with Crippen LogP contribution in [0.2, 0.25) is 0 Å². The highest BCUT2D eigenvalue weighted by Gasteiger charge is 3.05. The molecule has 2 aliphatic carbocycles. The van der Waals surface area contributed by atoms with E-state index in [2.05, 4.69) is 0 Å². The minimum absolute atomic E-state index is 1.51. The van der Waals surface area contributed by atoms with Crippen molar-refractivity contribution in [3.63, 3.8) is 0 Å². The van der Waals surface area contributed by atoms with Gasteiger partial charge in [0.25, 0.3) is 0 Å². The van der Waals surface area contributed by atoms with Crippen molar-refractivity contribution in [3.05, 3.63) is 0 Å². The van der Waals surface area contributed by atoms with Crippen molar-refractivity contribution in [2.75, 3.05) is 0 Å². The van der Waals surface area contributed by atoms with Crippen LogP contribution < -0.4 is 0 Å². The molecule has 4 nitrogen and oxygen atoms in total. The van der Waals surface area contributed by atoms with Gasteiger partial charge in [-0.15, -0.1) is 0 Å². The van der Waals surface area contributed by atoms with Crippen molar-refractivity contribution < 1.29 is 113 Å². The Balaban J connectivity index is 2.82. The molecule has 0 amide bonds. The van der Waals surface area contributed by atoms with E-state index in [0.717, 1.165) is 0 Å². The molecule has 0 unspecified atom stereocenters. The lowest BCUT2D eigenvalue weighted by molar-refractivity contribution is -0.520. The number of rotatable bonds is 4. The van der Waals surface area contributed by atoms with Crippen LogP contribution in [0.1, 0.15) is 0 Å². The summed E-state index contributed by atoms with van der Waals surface area (Å²) in [4.78, 5) is 0. The zero-order valence-electron chi connectivity index (χ0n) is 16.4. The van der Waals surface area contributed by atoms with Crippen molar-refractivity contribution >= 4 is 10.4 Å². The van der Waals surface area contributed by atoms with Crippen LogP contribution >= 0.6 is 0 Å². The van der Waals surface area contributed by atoms with E-state index in [1.165, 1.54) is 8.37 Å². The predicted molar refractivity (Wildman–Crippen MR) is 68.2 cm³/mol. The zero-order chi connectivity index (χ0) is 31.9. The second-order valence-corrected chi connectivity index (χ2v) is 8.66. The summed E-state index contributed by atoms with van der Waals surface area (Å²) in [6.45, 7) is 0. The summed E-state index contributed by atoms with van der Waals surface area (Å²) in [6, 6.07) is 0. The molecule has 2 saturated carbocycles. The molecule has 0 N–H and O–H groups in total. The molecule has 0 bridgehead atoms. The average Bonchev–Trinajstić information content (AvgIpc) is 2.69. The number of hydrogen-bond acceptors (Lipinski definition) is 4. The Morgan fingerprint density at radius 2 is 0.410 bits per heavy atom. The van der Waals surface area contributed by atoms with Gasteiger partial charge in [0.2, 0.25) is 0 Å². The molecule has 0 radical (unpaired) electrons. The first-order valence-corrected chi connectivity index (χ1v) is 9.57. The van der Waals surface area contributed by atoms with Crippen LogP contribution in [0.3, 0.4) is 0 Å². The highest BCUT2D eigenvalue weighted by molar-refractivity contribution is 7.82. The summed E-state index contributed by atoms with van der Waals surface area (Å²) in [7, 11) is -8.95. The van der Waals surface area contributed by atoms with E-state index in [1.807, 2.05) is 0 Å². The number of alkyl halides is 22. The van der Waals surface area contributed by atoms with E-state index in [1.54, 1.807) is 0 Å². The molecule has 0 aliphatic heterocycles. The van der Waals surface area contributed by atoms with Gasteiger partial charge in [-0.2, -0.15) is 113 Å². The topological polar surface area (TPSA) is 52.6 Å². The zero-order valence-corrected chi connectivity index (χ0v) is 17.2. The third kappa shape index (κ3) is 3.06. The lowest BCUT2D eigenvalue weighted by Gasteiger charge is -2.52. The van der Waals surface area contributed by atoms with Crippen molar-refractivity contribution in [1.29, 1.82) is 0 Å². The highest BCUT2D eigenvalue weighted by atomic mass is 32.3. The molecule has 0 atom stereocenters. The van der Waals surface area contributed by atoms with Crippen LogP contribution in [0.5, 0.6) is 0 Å². The van der Waals surface area contributed by atoms with Crippen LogP contribution in [-0.2, 0) is 18.8 Å². The van der Waals surface area contributed by atoms with Gasteiger partial charge >= 0.3 is 81.3 Å². The average molecular weight is 658 g/mol. The molecule has 0 aromatic heterocycles. The first-order chi connectivity index (χ1) is 16.4. The molecule has 39 heavy (non-hydrogen) atoms. The maximum absolute atomic E-state index is 14.3. The monoisotopic (exact) mass is 658 g/mol. The third-order valence-corrected chi connectivity index (χ3v) is 6.07. The normalized spacial score (nSPS) is 33.2. The minimum Gasteiger partial charge on any atom is -0.197 e. The smallest absolute Gasteiger partial charge is 0.197 e. The van der Waals surface area contributed by atoms with Gasteiger partial charge in [-0.1, -0.05) is 0 Å². The van der Waals surface area contributed by atoms with Crippen LogP contribution in [0.25, 0.3) is 0 Å². The highest BCUT2D eigenvalue weighted by Crippen LogP contribution is 2.72. The second kappa shape index (κ2) is 7.39. The van der Waals surface area contributed by atoms with Gasteiger partial charge in [0.05, 0.1) is 0 Å². The molecule has 27 heteroatoms. The predicted octanol–water partition coefficient (Wildman–Crippen LogP) is 5.98. The Bertz CT molecular complexity index is 998. The molecule has 0 aromatic carbocycles. The fraction of sp³-hybridized carbons (Fsp3) is 1.00. The van der Waals surface area contributed by atoms with Gasteiger partial charge < -0.3 is 0 Å². The van der Waals surface area contributed by atoms with E-state index in [-0.39, 0.29) is 0 Å². The van der Waals surface area contributed by atoms with E-state index in [0.29, 0.717) is 0 Å². The van der Waals surface area contributed by atoms with E-state index in [4.69, 9.17) is 0 Å². The number of halogens is 22.